The summed E-state index contributed by atoms with van der Waals surface area (Å²) >= 11 is 0. The van der Waals surface area contributed by atoms with E-state index >= 15 is 0 Å². The molecule has 4 nitrogen and oxygen atoms in total. The third-order valence-corrected chi connectivity index (χ3v) is 5.06. The van der Waals surface area contributed by atoms with E-state index in [9.17, 15) is 4.79 Å². The Labute approximate surface area is 118 Å². The van der Waals surface area contributed by atoms with E-state index in [-0.39, 0.29) is 11.8 Å². The van der Waals surface area contributed by atoms with Crippen LogP contribution in [0.5, 0.6) is 0 Å². The van der Waals surface area contributed by atoms with Gasteiger partial charge in [-0.05, 0) is 37.2 Å². The molecule has 1 aliphatic heterocycles. The minimum atomic E-state index is 0.208. The number of fused-ring (bicyclic) bond motifs is 2. The number of oxime groups is 1. The molecule has 0 spiro atoms. The van der Waals surface area contributed by atoms with Gasteiger partial charge in [-0.3, -0.25) is 4.79 Å². The lowest BCUT2D eigenvalue weighted by Gasteiger charge is -2.32. The molecule has 2 unspecified atom stereocenters. The monoisotopic (exact) mass is 270 g/mol. The van der Waals surface area contributed by atoms with E-state index in [1.807, 2.05) is 29.2 Å². The summed E-state index contributed by atoms with van der Waals surface area (Å²) in [5.41, 5.74) is 2.47. The van der Waals surface area contributed by atoms with Gasteiger partial charge in [-0.15, -0.1) is 0 Å². The molecule has 1 N–H and O–H groups in total. The number of carbonyl (C=O) groups is 1. The lowest BCUT2D eigenvalue weighted by Crippen LogP contribution is -2.41. The summed E-state index contributed by atoms with van der Waals surface area (Å²) < 4.78 is 0. The zero-order valence-corrected chi connectivity index (χ0v) is 11.3. The number of amides is 1. The standard InChI is InChI=1S/C16H18N2O2/c19-16(12-8-10-7-11(10)9-12)18-6-5-14(17-20)13-3-1-2-4-15(13)18/h1-4,10-12,20H,5-9H2/b17-14-. The fourth-order valence-corrected chi connectivity index (χ4v) is 3.90. The average molecular weight is 270 g/mol. The molecule has 3 aliphatic rings. The minimum Gasteiger partial charge on any atom is -0.411 e. The maximum absolute atomic E-state index is 12.7. The van der Waals surface area contributed by atoms with Crippen molar-refractivity contribution in [1.29, 1.82) is 0 Å². The van der Waals surface area contributed by atoms with E-state index in [1.54, 1.807) is 0 Å². The normalized spacial score (nSPS) is 32.9. The van der Waals surface area contributed by atoms with Crippen molar-refractivity contribution < 1.29 is 10.0 Å². The van der Waals surface area contributed by atoms with E-state index in [0.29, 0.717) is 18.7 Å². The Morgan fingerprint density at radius 1 is 1.20 bits per heavy atom. The Hall–Kier alpha value is -1.84. The van der Waals surface area contributed by atoms with Gasteiger partial charge in [0.25, 0.3) is 0 Å². The Bertz CT molecular complexity index is 586. The number of nitrogens with zero attached hydrogens (tertiary/aromatic N) is 2. The summed E-state index contributed by atoms with van der Waals surface area (Å²) in [6.07, 6.45) is 4.10. The molecule has 4 heteroatoms. The van der Waals surface area contributed by atoms with Gasteiger partial charge in [0.2, 0.25) is 5.91 Å². The third-order valence-electron chi connectivity index (χ3n) is 5.06. The molecule has 2 atom stereocenters. The van der Waals surface area contributed by atoms with E-state index in [4.69, 9.17) is 5.21 Å². The predicted octanol–water partition coefficient (Wildman–Crippen LogP) is 2.65. The second-order valence-electron chi connectivity index (χ2n) is 6.23. The van der Waals surface area contributed by atoms with Crippen molar-refractivity contribution in [1.82, 2.24) is 0 Å². The molecule has 104 valence electrons. The van der Waals surface area contributed by atoms with Gasteiger partial charge in [0.15, 0.2) is 0 Å². The van der Waals surface area contributed by atoms with Crippen LogP contribution >= 0.6 is 0 Å². The Morgan fingerprint density at radius 3 is 2.70 bits per heavy atom. The Balaban J connectivity index is 1.64. The number of hydrogen-bond donors (Lipinski definition) is 1. The first-order valence-electron chi connectivity index (χ1n) is 7.39. The molecular weight excluding hydrogens is 252 g/mol. The summed E-state index contributed by atoms with van der Waals surface area (Å²) in [5, 5.41) is 12.5. The number of rotatable bonds is 1. The van der Waals surface area contributed by atoms with Gasteiger partial charge in [-0.25, -0.2) is 0 Å². The van der Waals surface area contributed by atoms with Gasteiger partial charge in [0.05, 0.1) is 11.4 Å². The van der Waals surface area contributed by atoms with Crippen molar-refractivity contribution in [2.24, 2.45) is 22.9 Å². The first-order chi connectivity index (χ1) is 9.78. The molecule has 1 aromatic rings. The predicted molar refractivity (Wildman–Crippen MR) is 76.1 cm³/mol. The highest BCUT2D eigenvalue weighted by atomic mass is 16.4. The van der Waals surface area contributed by atoms with Crippen LogP contribution in [0.25, 0.3) is 0 Å². The van der Waals surface area contributed by atoms with Crippen LogP contribution in [0.3, 0.4) is 0 Å². The van der Waals surface area contributed by atoms with E-state index in [2.05, 4.69) is 5.16 Å². The summed E-state index contributed by atoms with van der Waals surface area (Å²) in [7, 11) is 0. The quantitative estimate of drug-likeness (QED) is 0.630. The molecule has 0 aromatic heterocycles. The molecule has 0 saturated heterocycles. The van der Waals surface area contributed by atoms with Crippen molar-refractivity contribution >= 4 is 17.3 Å². The maximum Gasteiger partial charge on any atom is 0.230 e. The lowest BCUT2D eigenvalue weighted by atomic mass is 9.96. The fraction of sp³-hybridized carbons (Fsp3) is 0.500. The van der Waals surface area contributed by atoms with Crippen LogP contribution in [0.2, 0.25) is 0 Å². The van der Waals surface area contributed by atoms with Crippen LogP contribution in [0.1, 0.15) is 31.2 Å². The van der Waals surface area contributed by atoms with Crippen LogP contribution < -0.4 is 4.90 Å². The van der Waals surface area contributed by atoms with Crippen LogP contribution in [-0.4, -0.2) is 23.4 Å². The molecule has 20 heavy (non-hydrogen) atoms. The number of benzene rings is 1. The summed E-state index contributed by atoms with van der Waals surface area (Å²) in [6, 6.07) is 7.73. The highest BCUT2D eigenvalue weighted by molar-refractivity contribution is 6.11. The second-order valence-corrected chi connectivity index (χ2v) is 6.23. The van der Waals surface area contributed by atoms with Gasteiger partial charge < -0.3 is 10.1 Å². The van der Waals surface area contributed by atoms with Gasteiger partial charge in [-0.2, -0.15) is 0 Å². The average Bonchev–Trinajstić information content (AvgIpc) is 3.11. The molecule has 1 heterocycles. The molecule has 1 amide bonds. The van der Waals surface area contributed by atoms with E-state index < -0.39 is 0 Å². The van der Waals surface area contributed by atoms with Crippen LogP contribution in [0, 0.1) is 17.8 Å². The van der Waals surface area contributed by atoms with Gasteiger partial charge >= 0.3 is 0 Å². The van der Waals surface area contributed by atoms with Crippen LogP contribution in [0.15, 0.2) is 29.4 Å². The molecular formula is C16H18N2O2. The van der Waals surface area contributed by atoms with Crippen molar-refractivity contribution in [2.75, 3.05) is 11.4 Å². The summed E-state index contributed by atoms with van der Waals surface area (Å²) in [6.45, 7) is 0.626. The van der Waals surface area contributed by atoms with Gasteiger partial charge in [0.1, 0.15) is 0 Å². The molecule has 2 saturated carbocycles. The van der Waals surface area contributed by atoms with Crippen molar-refractivity contribution in [2.45, 2.75) is 25.7 Å². The molecule has 0 bridgehead atoms. The fourth-order valence-electron chi connectivity index (χ4n) is 3.90. The van der Waals surface area contributed by atoms with E-state index in [1.165, 1.54) is 6.42 Å². The highest BCUT2D eigenvalue weighted by Crippen LogP contribution is 2.54. The van der Waals surface area contributed by atoms with E-state index in [0.717, 1.165) is 35.9 Å². The molecule has 2 fully saturated rings. The molecule has 4 rings (SSSR count). The van der Waals surface area contributed by atoms with Crippen molar-refractivity contribution in [3.05, 3.63) is 29.8 Å². The van der Waals surface area contributed by atoms with Crippen LogP contribution in [-0.2, 0) is 4.79 Å². The molecule has 0 radical (unpaired) electrons. The number of carbonyl (C=O) groups excluding carboxylic acids is 1. The Morgan fingerprint density at radius 2 is 1.95 bits per heavy atom. The number of para-hydroxylation sites is 1. The smallest absolute Gasteiger partial charge is 0.230 e. The molecule has 2 aliphatic carbocycles. The molecule has 1 aromatic carbocycles. The summed E-state index contributed by atoms with van der Waals surface area (Å²) in [4.78, 5) is 14.6. The van der Waals surface area contributed by atoms with Gasteiger partial charge in [-0.1, -0.05) is 23.4 Å². The zero-order valence-electron chi connectivity index (χ0n) is 11.3. The first kappa shape index (κ1) is 11.9. The zero-order chi connectivity index (χ0) is 13.7. The van der Waals surface area contributed by atoms with Gasteiger partial charge in [0, 0.05) is 24.4 Å². The largest absolute Gasteiger partial charge is 0.411 e. The third kappa shape index (κ3) is 1.74. The lowest BCUT2D eigenvalue weighted by molar-refractivity contribution is -0.122. The maximum atomic E-state index is 12.7. The SMILES string of the molecule is O=C(C1CC2CC2C1)N1CC/C(=N/O)c2ccccc21. The number of anilines is 1. The second kappa shape index (κ2) is 4.33. The topological polar surface area (TPSA) is 52.9 Å². The summed E-state index contributed by atoms with van der Waals surface area (Å²) in [5.74, 6) is 2.11. The minimum absolute atomic E-state index is 0.208. The first-order valence-corrected chi connectivity index (χ1v) is 7.39. The van der Waals surface area contributed by atoms with Crippen molar-refractivity contribution in [3.8, 4) is 0 Å². The number of hydrogen-bond acceptors (Lipinski definition) is 3. The van der Waals surface area contributed by atoms with Crippen LogP contribution in [0.4, 0.5) is 5.69 Å². The van der Waals surface area contributed by atoms with Crippen molar-refractivity contribution in [3.63, 3.8) is 0 Å². The Kier molecular flexibility index (Phi) is 2.59. The highest BCUT2D eigenvalue weighted by Gasteiger charge is 2.49.